The molecule has 2 aromatic carbocycles. The van der Waals surface area contributed by atoms with Gasteiger partial charge in [0.1, 0.15) is 17.5 Å². The molecule has 1 aliphatic heterocycles. The molecule has 0 amide bonds. The van der Waals surface area contributed by atoms with E-state index in [2.05, 4.69) is 23.8 Å². The molecule has 1 fully saturated rings. The van der Waals surface area contributed by atoms with Crippen LogP contribution in [0.4, 0.5) is 0 Å². The Morgan fingerprint density at radius 1 is 1.12 bits per heavy atom. The van der Waals surface area contributed by atoms with Crippen molar-refractivity contribution in [3.05, 3.63) is 60.2 Å². The fourth-order valence-corrected chi connectivity index (χ4v) is 3.39. The van der Waals surface area contributed by atoms with Crippen LogP contribution in [0.15, 0.2) is 54.6 Å². The lowest BCUT2D eigenvalue weighted by Crippen LogP contribution is -2.53. The minimum Gasteiger partial charge on any atom is -0.480 e. The number of carboxylic acid groups (broad SMARTS) is 1. The molecule has 1 aliphatic rings. The number of hydrogen-bond donors (Lipinski definition) is 1. The number of piperazine rings is 1. The van der Waals surface area contributed by atoms with Gasteiger partial charge in [0.2, 0.25) is 0 Å². The first-order valence-electron chi connectivity index (χ1n) is 8.54. The lowest BCUT2D eigenvalue weighted by atomic mass is 10.0. The molecule has 2 aromatic rings. The molecule has 1 saturated heterocycles. The van der Waals surface area contributed by atoms with Gasteiger partial charge in [-0.2, -0.15) is 0 Å². The second kappa shape index (κ2) is 7.68. The number of ether oxygens (including phenoxy) is 1. The predicted octanol–water partition coefficient (Wildman–Crippen LogP) is 3.24. The van der Waals surface area contributed by atoms with Crippen LogP contribution >= 0.6 is 0 Å². The maximum Gasteiger partial charge on any atom is 0.325 e. The second-order valence-electron chi connectivity index (χ2n) is 6.58. The highest BCUT2D eigenvalue weighted by atomic mass is 16.5. The Labute approximate surface area is 148 Å². The molecule has 5 nitrogen and oxygen atoms in total. The number of nitrogens with zero attached hydrogens (tertiary/aromatic N) is 2. The zero-order valence-corrected chi connectivity index (χ0v) is 14.6. The van der Waals surface area contributed by atoms with Gasteiger partial charge in [-0.25, -0.2) is 0 Å². The fourth-order valence-electron chi connectivity index (χ4n) is 3.39. The third kappa shape index (κ3) is 4.18. The average molecular weight is 340 g/mol. The Balaban J connectivity index is 1.84. The predicted molar refractivity (Wildman–Crippen MR) is 97.0 cm³/mol. The summed E-state index contributed by atoms with van der Waals surface area (Å²) < 4.78 is 5.86. The van der Waals surface area contributed by atoms with E-state index in [1.807, 2.05) is 54.6 Å². The summed E-state index contributed by atoms with van der Waals surface area (Å²) in [5.41, 5.74) is 0.748. The van der Waals surface area contributed by atoms with Gasteiger partial charge in [0.25, 0.3) is 0 Å². The second-order valence-corrected chi connectivity index (χ2v) is 6.58. The lowest BCUT2D eigenvalue weighted by Gasteiger charge is -2.41. The minimum atomic E-state index is -0.826. The van der Waals surface area contributed by atoms with E-state index < -0.39 is 12.0 Å². The van der Waals surface area contributed by atoms with Crippen molar-refractivity contribution >= 4 is 5.97 Å². The van der Waals surface area contributed by atoms with Gasteiger partial charge in [0.15, 0.2) is 0 Å². The number of carboxylic acids is 1. The maximum absolute atomic E-state index is 12.0. The Morgan fingerprint density at radius 3 is 2.52 bits per heavy atom. The molecule has 25 heavy (non-hydrogen) atoms. The van der Waals surface area contributed by atoms with E-state index in [4.69, 9.17) is 4.74 Å². The molecule has 2 unspecified atom stereocenters. The standard InChI is InChI=1S/C20H24N2O3/c1-15-14-21(2)11-12-22(15)19(20(23)24)16-7-6-10-18(13-16)25-17-8-4-3-5-9-17/h3-10,13,15,19H,11-12,14H2,1-2H3,(H,23,24). The Hall–Kier alpha value is -2.37. The third-order valence-electron chi connectivity index (χ3n) is 4.60. The van der Waals surface area contributed by atoms with Crippen LogP contribution in [-0.4, -0.2) is 53.6 Å². The molecule has 1 heterocycles. The van der Waals surface area contributed by atoms with Crippen molar-refractivity contribution in [1.29, 1.82) is 0 Å². The van der Waals surface area contributed by atoms with E-state index in [-0.39, 0.29) is 6.04 Å². The van der Waals surface area contributed by atoms with Gasteiger partial charge in [-0.1, -0.05) is 30.3 Å². The molecular formula is C20H24N2O3. The fraction of sp³-hybridized carbons (Fsp3) is 0.350. The topological polar surface area (TPSA) is 53.0 Å². The summed E-state index contributed by atoms with van der Waals surface area (Å²) in [6, 6.07) is 16.4. The molecule has 3 rings (SSSR count). The summed E-state index contributed by atoms with van der Waals surface area (Å²) in [6.45, 7) is 4.55. The monoisotopic (exact) mass is 340 g/mol. The van der Waals surface area contributed by atoms with E-state index >= 15 is 0 Å². The van der Waals surface area contributed by atoms with Gasteiger partial charge in [-0.15, -0.1) is 0 Å². The van der Waals surface area contributed by atoms with Gasteiger partial charge in [-0.05, 0) is 43.8 Å². The third-order valence-corrected chi connectivity index (χ3v) is 4.60. The summed E-state index contributed by atoms with van der Waals surface area (Å²) in [5.74, 6) is 0.560. The molecule has 0 spiro atoms. The average Bonchev–Trinajstić information content (AvgIpc) is 2.58. The van der Waals surface area contributed by atoms with Crippen LogP contribution in [-0.2, 0) is 4.79 Å². The van der Waals surface area contributed by atoms with Crippen LogP contribution in [0.1, 0.15) is 18.5 Å². The summed E-state index contributed by atoms with van der Waals surface area (Å²) >= 11 is 0. The van der Waals surface area contributed by atoms with Crippen molar-refractivity contribution in [3.63, 3.8) is 0 Å². The Morgan fingerprint density at radius 2 is 1.84 bits per heavy atom. The lowest BCUT2D eigenvalue weighted by molar-refractivity contribution is -0.145. The van der Waals surface area contributed by atoms with Crippen LogP contribution in [0.3, 0.4) is 0 Å². The van der Waals surface area contributed by atoms with Crippen molar-refractivity contribution < 1.29 is 14.6 Å². The number of rotatable bonds is 5. The molecule has 0 bridgehead atoms. The minimum absolute atomic E-state index is 0.179. The molecule has 2 atom stereocenters. The molecule has 1 N–H and O–H groups in total. The van der Waals surface area contributed by atoms with E-state index in [9.17, 15) is 9.90 Å². The molecule has 0 aliphatic carbocycles. The largest absolute Gasteiger partial charge is 0.480 e. The van der Waals surface area contributed by atoms with Crippen molar-refractivity contribution in [1.82, 2.24) is 9.80 Å². The van der Waals surface area contributed by atoms with Gasteiger partial charge in [0, 0.05) is 25.7 Å². The van der Waals surface area contributed by atoms with Gasteiger partial charge in [0.05, 0.1) is 0 Å². The van der Waals surface area contributed by atoms with Gasteiger partial charge in [-0.3, -0.25) is 9.69 Å². The first-order valence-corrected chi connectivity index (χ1v) is 8.54. The summed E-state index contributed by atoms with van der Waals surface area (Å²) in [6.07, 6.45) is 0. The Kier molecular flexibility index (Phi) is 5.36. The highest BCUT2D eigenvalue weighted by molar-refractivity contribution is 5.76. The van der Waals surface area contributed by atoms with E-state index in [1.165, 1.54) is 0 Å². The number of carbonyl (C=O) groups is 1. The molecule has 132 valence electrons. The molecule has 0 radical (unpaired) electrons. The Bertz CT molecular complexity index is 720. The van der Waals surface area contributed by atoms with Crippen molar-refractivity contribution in [3.8, 4) is 11.5 Å². The van der Waals surface area contributed by atoms with Gasteiger partial charge < -0.3 is 14.7 Å². The zero-order valence-electron chi connectivity index (χ0n) is 14.6. The number of benzene rings is 2. The first kappa shape index (κ1) is 17.5. The van der Waals surface area contributed by atoms with Crippen LogP contribution in [0.5, 0.6) is 11.5 Å². The van der Waals surface area contributed by atoms with Crippen LogP contribution in [0.2, 0.25) is 0 Å². The molecule has 0 saturated carbocycles. The number of hydrogen-bond acceptors (Lipinski definition) is 4. The van der Waals surface area contributed by atoms with Crippen LogP contribution in [0.25, 0.3) is 0 Å². The summed E-state index contributed by atoms with van der Waals surface area (Å²) in [4.78, 5) is 16.3. The highest BCUT2D eigenvalue weighted by Crippen LogP contribution is 2.29. The molecule has 0 aromatic heterocycles. The summed E-state index contributed by atoms with van der Waals surface area (Å²) in [7, 11) is 2.07. The van der Waals surface area contributed by atoms with E-state index in [0.717, 1.165) is 30.9 Å². The molecular weight excluding hydrogens is 316 g/mol. The van der Waals surface area contributed by atoms with Crippen molar-refractivity contribution in [2.45, 2.75) is 19.0 Å². The number of aliphatic carboxylic acids is 1. The number of likely N-dealkylation sites (N-methyl/N-ethyl adjacent to an activating group) is 1. The number of para-hydroxylation sites is 1. The smallest absolute Gasteiger partial charge is 0.325 e. The van der Waals surface area contributed by atoms with E-state index in [0.29, 0.717) is 5.75 Å². The van der Waals surface area contributed by atoms with Crippen LogP contribution in [0, 0.1) is 0 Å². The van der Waals surface area contributed by atoms with Gasteiger partial charge >= 0.3 is 5.97 Å². The maximum atomic E-state index is 12.0. The first-order chi connectivity index (χ1) is 12.0. The van der Waals surface area contributed by atoms with Crippen LogP contribution < -0.4 is 4.74 Å². The molecule has 5 heteroatoms. The quantitative estimate of drug-likeness (QED) is 0.905. The highest BCUT2D eigenvalue weighted by Gasteiger charge is 2.33. The summed E-state index contributed by atoms with van der Waals surface area (Å²) in [5, 5.41) is 9.85. The zero-order chi connectivity index (χ0) is 17.8. The SMILES string of the molecule is CC1CN(C)CCN1C(C(=O)O)c1cccc(Oc2ccccc2)c1. The van der Waals surface area contributed by atoms with Crippen molar-refractivity contribution in [2.75, 3.05) is 26.7 Å². The van der Waals surface area contributed by atoms with E-state index in [1.54, 1.807) is 0 Å². The van der Waals surface area contributed by atoms with Crippen molar-refractivity contribution in [2.24, 2.45) is 0 Å². The normalized spacial score (nSPS) is 20.2.